The first-order valence-corrected chi connectivity index (χ1v) is 6.47. The third-order valence-corrected chi connectivity index (χ3v) is 2.60. The van der Waals surface area contributed by atoms with Gasteiger partial charge in [-0.1, -0.05) is 27.7 Å². The van der Waals surface area contributed by atoms with Gasteiger partial charge in [-0.05, 0) is 6.92 Å². The average molecular weight is 272 g/mol. The van der Waals surface area contributed by atoms with Crippen molar-refractivity contribution in [1.29, 1.82) is 0 Å². The van der Waals surface area contributed by atoms with E-state index in [0.29, 0.717) is 0 Å². The van der Waals surface area contributed by atoms with E-state index in [0.717, 1.165) is 0 Å². The van der Waals surface area contributed by atoms with Gasteiger partial charge in [0.25, 0.3) is 0 Å². The number of rotatable bonds is 8. The highest BCUT2D eigenvalue weighted by Gasteiger charge is 2.24. The molecule has 3 N–H and O–H groups in total. The van der Waals surface area contributed by atoms with Gasteiger partial charge in [0.15, 0.2) is 5.78 Å². The fourth-order valence-electron chi connectivity index (χ4n) is 1.68. The number of aliphatic carboxylic acids is 1. The SMILES string of the molecule is CC(C)NC(CC(=O)NC(C)C(=O)C(C)C)C(=O)O. The summed E-state index contributed by atoms with van der Waals surface area (Å²) in [6.07, 6.45) is -0.191. The highest BCUT2D eigenvalue weighted by atomic mass is 16.4. The van der Waals surface area contributed by atoms with Crippen LogP contribution in [0.15, 0.2) is 0 Å². The van der Waals surface area contributed by atoms with Gasteiger partial charge < -0.3 is 15.7 Å². The van der Waals surface area contributed by atoms with Crippen molar-refractivity contribution in [3.8, 4) is 0 Å². The second-order valence-corrected chi connectivity index (χ2v) is 5.26. The molecule has 0 saturated heterocycles. The van der Waals surface area contributed by atoms with E-state index >= 15 is 0 Å². The van der Waals surface area contributed by atoms with Crippen LogP contribution in [0.4, 0.5) is 0 Å². The van der Waals surface area contributed by atoms with Crippen LogP contribution < -0.4 is 10.6 Å². The molecule has 1 amide bonds. The van der Waals surface area contributed by atoms with Crippen molar-refractivity contribution in [3.63, 3.8) is 0 Å². The molecule has 0 fully saturated rings. The molecular weight excluding hydrogens is 248 g/mol. The summed E-state index contributed by atoms with van der Waals surface area (Å²) in [5.41, 5.74) is 0. The predicted octanol–water partition coefficient (Wildman–Crippen LogP) is 0.558. The molecule has 2 unspecified atom stereocenters. The van der Waals surface area contributed by atoms with E-state index in [-0.39, 0.29) is 24.2 Å². The topological polar surface area (TPSA) is 95.5 Å². The Morgan fingerprint density at radius 3 is 1.95 bits per heavy atom. The summed E-state index contributed by atoms with van der Waals surface area (Å²) in [5, 5.41) is 14.3. The van der Waals surface area contributed by atoms with Crippen LogP contribution in [0, 0.1) is 5.92 Å². The van der Waals surface area contributed by atoms with Crippen molar-refractivity contribution in [2.75, 3.05) is 0 Å². The fourth-order valence-corrected chi connectivity index (χ4v) is 1.68. The summed E-state index contributed by atoms with van der Waals surface area (Å²) in [5.74, 6) is -1.76. The smallest absolute Gasteiger partial charge is 0.321 e. The summed E-state index contributed by atoms with van der Waals surface area (Å²) in [6.45, 7) is 8.72. The molecule has 2 atom stereocenters. The van der Waals surface area contributed by atoms with E-state index < -0.39 is 24.0 Å². The maximum atomic E-state index is 11.7. The number of carboxylic acid groups (broad SMARTS) is 1. The third kappa shape index (κ3) is 6.91. The van der Waals surface area contributed by atoms with Gasteiger partial charge in [-0.25, -0.2) is 0 Å². The lowest BCUT2D eigenvalue weighted by Crippen LogP contribution is -2.47. The second-order valence-electron chi connectivity index (χ2n) is 5.26. The number of carbonyl (C=O) groups is 3. The number of carboxylic acids is 1. The van der Waals surface area contributed by atoms with Gasteiger partial charge in [0.05, 0.1) is 12.5 Å². The van der Waals surface area contributed by atoms with Crippen LogP contribution in [0.25, 0.3) is 0 Å². The molecule has 19 heavy (non-hydrogen) atoms. The lowest BCUT2D eigenvalue weighted by molar-refractivity contribution is -0.142. The zero-order chi connectivity index (χ0) is 15.2. The highest BCUT2D eigenvalue weighted by Crippen LogP contribution is 2.01. The average Bonchev–Trinajstić information content (AvgIpc) is 2.25. The number of hydrogen-bond donors (Lipinski definition) is 3. The van der Waals surface area contributed by atoms with Crippen LogP contribution in [-0.4, -0.2) is 40.9 Å². The van der Waals surface area contributed by atoms with E-state index in [1.54, 1.807) is 34.6 Å². The Balaban J connectivity index is 4.42. The first kappa shape index (κ1) is 17.6. The van der Waals surface area contributed by atoms with Crippen molar-refractivity contribution in [2.45, 2.75) is 59.2 Å². The van der Waals surface area contributed by atoms with Crippen molar-refractivity contribution in [3.05, 3.63) is 0 Å². The summed E-state index contributed by atoms with van der Waals surface area (Å²) < 4.78 is 0. The van der Waals surface area contributed by atoms with E-state index in [1.807, 2.05) is 0 Å². The van der Waals surface area contributed by atoms with Gasteiger partial charge in [-0.3, -0.25) is 14.4 Å². The van der Waals surface area contributed by atoms with Gasteiger partial charge >= 0.3 is 5.97 Å². The molecule has 0 spiro atoms. The molecule has 0 radical (unpaired) electrons. The number of ketones is 1. The van der Waals surface area contributed by atoms with Crippen molar-refractivity contribution >= 4 is 17.7 Å². The molecule has 0 aromatic carbocycles. The molecule has 0 saturated carbocycles. The Bertz CT molecular complexity index is 340. The molecule has 0 aliphatic carbocycles. The Morgan fingerprint density at radius 2 is 1.58 bits per heavy atom. The fraction of sp³-hybridized carbons (Fsp3) is 0.769. The van der Waals surface area contributed by atoms with Crippen molar-refractivity contribution < 1.29 is 19.5 Å². The van der Waals surface area contributed by atoms with Crippen LogP contribution in [0.1, 0.15) is 41.0 Å². The monoisotopic (exact) mass is 272 g/mol. The minimum absolute atomic E-state index is 0.0383. The first-order valence-electron chi connectivity index (χ1n) is 6.47. The summed E-state index contributed by atoms with van der Waals surface area (Å²) in [7, 11) is 0. The molecule has 6 nitrogen and oxygen atoms in total. The van der Waals surface area contributed by atoms with Crippen LogP contribution >= 0.6 is 0 Å². The molecule has 0 rings (SSSR count). The van der Waals surface area contributed by atoms with Gasteiger partial charge in [-0.2, -0.15) is 0 Å². The number of hydrogen-bond acceptors (Lipinski definition) is 4. The van der Waals surface area contributed by atoms with Crippen LogP contribution in [0.3, 0.4) is 0 Å². The number of Topliss-reactive ketones (excluding diaryl/α,β-unsaturated/α-hetero) is 1. The molecular formula is C13H24N2O4. The maximum Gasteiger partial charge on any atom is 0.321 e. The minimum atomic E-state index is -1.08. The largest absolute Gasteiger partial charge is 0.480 e. The summed E-state index contributed by atoms with van der Waals surface area (Å²) in [4.78, 5) is 34.3. The molecule has 0 aromatic heterocycles. The van der Waals surface area contributed by atoms with E-state index in [9.17, 15) is 14.4 Å². The van der Waals surface area contributed by atoms with Gasteiger partial charge in [0, 0.05) is 12.0 Å². The van der Waals surface area contributed by atoms with E-state index in [2.05, 4.69) is 10.6 Å². The summed E-state index contributed by atoms with van der Waals surface area (Å²) >= 11 is 0. The van der Waals surface area contributed by atoms with Crippen molar-refractivity contribution in [2.24, 2.45) is 5.92 Å². The molecule has 0 heterocycles. The van der Waals surface area contributed by atoms with Crippen molar-refractivity contribution in [1.82, 2.24) is 10.6 Å². The van der Waals surface area contributed by atoms with E-state index in [4.69, 9.17) is 5.11 Å². The van der Waals surface area contributed by atoms with Gasteiger partial charge in [0.1, 0.15) is 6.04 Å². The Labute approximate surface area is 113 Å². The zero-order valence-corrected chi connectivity index (χ0v) is 12.2. The molecule has 0 aliphatic rings. The minimum Gasteiger partial charge on any atom is -0.480 e. The van der Waals surface area contributed by atoms with Gasteiger partial charge in [0.2, 0.25) is 5.91 Å². The normalized spacial score (nSPS) is 14.3. The van der Waals surface area contributed by atoms with E-state index in [1.165, 1.54) is 0 Å². The Hall–Kier alpha value is -1.43. The van der Waals surface area contributed by atoms with Crippen LogP contribution in [-0.2, 0) is 14.4 Å². The quantitative estimate of drug-likeness (QED) is 0.600. The third-order valence-electron chi connectivity index (χ3n) is 2.60. The molecule has 0 bridgehead atoms. The predicted molar refractivity (Wildman–Crippen MR) is 71.8 cm³/mol. The molecule has 0 aliphatic heterocycles. The van der Waals surface area contributed by atoms with Crippen LogP contribution in [0.2, 0.25) is 0 Å². The van der Waals surface area contributed by atoms with Gasteiger partial charge in [-0.15, -0.1) is 0 Å². The number of nitrogens with one attached hydrogen (secondary N) is 2. The lowest BCUT2D eigenvalue weighted by atomic mass is 10.0. The lowest BCUT2D eigenvalue weighted by Gasteiger charge is -2.19. The zero-order valence-electron chi connectivity index (χ0n) is 12.2. The maximum absolute atomic E-state index is 11.7. The Kier molecular flexibility index (Phi) is 7.29. The molecule has 6 heteroatoms. The molecule has 110 valence electrons. The number of carbonyl (C=O) groups excluding carboxylic acids is 2. The second kappa shape index (κ2) is 7.89. The first-order chi connectivity index (χ1) is 8.65. The number of amides is 1. The van der Waals surface area contributed by atoms with Crippen LogP contribution in [0.5, 0.6) is 0 Å². The highest BCUT2D eigenvalue weighted by molar-refractivity contribution is 5.91. The Morgan fingerprint density at radius 1 is 1.05 bits per heavy atom. The standard InChI is InChI=1S/C13H24N2O4/c1-7(2)12(17)9(5)15-11(16)6-10(13(18)19)14-8(3)4/h7-10,14H,6H2,1-5H3,(H,15,16)(H,18,19). The summed E-state index contributed by atoms with van der Waals surface area (Å²) in [6, 6.07) is -1.58. The molecule has 0 aromatic rings.